The standard InChI is InChI=1S/2C2H2O4.Co.Ni.H2O/c2*3-1(4)2(5)6;;;/h2*(H,3,4)(H,5,6);;;1H2. The zero-order chi connectivity index (χ0) is 10.3. The summed E-state index contributed by atoms with van der Waals surface area (Å²) in [4.78, 5) is 36.4. The van der Waals surface area contributed by atoms with Crippen molar-refractivity contribution in [3.05, 3.63) is 0 Å². The van der Waals surface area contributed by atoms with E-state index in [1.165, 1.54) is 0 Å². The van der Waals surface area contributed by atoms with E-state index in [1.54, 1.807) is 0 Å². The minimum absolute atomic E-state index is 0. The Labute approximate surface area is 103 Å². The molecule has 0 bridgehead atoms. The summed E-state index contributed by atoms with van der Waals surface area (Å²) in [5, 5.41) is 29.6. The normalized spacial score (nSPS) is 5.87. The van der Waals surface area contributed by atoms with Gasteiger partial charge in [0.05, 0.1) is 0 Å². The molecule has 0 atom stereocenters. The first kappa shape index (κ1) is 29.2. The molecule has 0 aliphatic heterocycles. The number of carboxylic acid groups (broad SMARTS) is 4. The summed E-state index contributed by atoms with van der Waals surface area (Å²) in [5.74, 6) is -7.30. The molecule has 11 heteroatoms. The van der Waals surface area contributed by atoms with Crippen molar-refractivity contribution in [1.29, 1.82) is 0 Å². The van der Waals surface area contributed by atoms with E-state index in [9.17, 15) is 0 Å². The Balaban J connectivity index is -0.0000000370. The average molecular weight is 316 g/mol. The summed E-state index contributed by atoms with van der Waals surface area (Å²) in [6.07, 6.45) is 0. The molecule has 0 spiro atoms. The van der Waals surface area contributed by atoms with Gasteiger partial charge in [-0.3, -0.25) is 0 Å². The molecule has 0 aliphatic carbocycles. The fourth-order valence-electron chi connectivity index (χ4n) is 0. The molecule has 0 fully saturated rings. The second-order valence-corrected chi connectivity index (χ2v) is 1.22. The van der Waals surface area contributed by atoms with E-state index in [0.717, 1.165) is 0 Å². The Morgan fingerprint density at radius 3 is 0.667 bits per heavy atom. The second kappa shape index (κ2) is 15.3. The maximum Gasteiger partial charge on any atom is 0.414 e. The average Bonchev–Trinajstić information content (AvgIpc) is 1.88. The molecule has 0 unspecified atom stereocenters. The van der Waals surface area contributed by atoms with Crippen LogP contribution in [0, 0.1) is 0 Å². The minimum Gasteiger partial charge on any atom is -0.473 e. The molecular formula is C4H6CoNiO9. The van der Waals surface area contributed by atoms with Gasteiger partial charge in [-0.1, -0.05) is 0 Å². The van der Waals surface area contributed by atoms with Crippen molar-refractivity contribution in [2.75, 3.05) is 0 Å². The van der Waals surface area contributed by atoms with Gasteiger partial charge in [-0.15, -0.1) is 0 Å². The molecule has 9 nitrogen and oxygen atoms in total. The molecule has 0 aromatic carbocycles. The molecular weight excluding hydrogens is 310 g/mol. The van der Waals surface area contributed by atoms with Gasteiger partial charge in [-0.2, -0.15) is 0 Å². The molecule has 95 valence electrons. The van der Waals surface area contributed by atoms with Crippen LogP contribution in [-0.2, 0) is 52.4 Å². The van der Waals surface area contributed by atoms with Crippen molar-refractivity contribution in [3.63, 3.8) is 0 Å². The fourth-order valence-corrected chi connectivity index (χ4v) is 0. The SMILES string of the molecule is O.O=C(O)C(=O)O.O=C(O)C(=O)O.[Co].[Ni]. The van der Waals surface area contributed by atoms with E-state index < -0.39 is 23.9 Å². The first-order chi connectivity index (χ1) is 5.29. The molecule has 0 saturated heterocycles. The van der Waals surface area contributed by atoms with Gasteiger partial charge in [0.1, 0.15) is 0 Å². The van der Waals surface area contributed by atoms with Gasteiger partial charge in [-0.05, 0) is 0 Å². The first-order valence-electron chi connectivity index (χ1n) is 2.21. The third-order valence-electron chi connectivity index (χ3n) is 0.366. The molecule has 0 aliphatic rings. The van der Waals surface area contributed by atoms with Gasteiger partial charge in [0.25, 0.3) is 0 Å². The van der Waals surface area contributed by atoms with Gasteiger partial charge < -0.3 is 25.9 Å². The Hall–Kier alpha value is -1.16. The number of carbonyl (C=O) groups is 4. The Morgan fingerprint density at radius 2 is 0.667 bits per heavy atom. The summed E-state index contributed by atoms with van der Waals surface area (Å²) < 4.78 is 0. The molecule has 0 rings (SSSR count). The smallest absolute Gasteiger partial charge is 0.414 e. The van der Waals surface area contributed by atoms with Gasteiger partial charge in [-0.25, -0.2) is 19.2 Å². The molecule has 0 amide bonds. The van der Waals surface area contributed by atoms with Crippen molar-refractivity contribution in [1.82, 2.24) is 0 Å². The van der Waals surface area contributed by atoms with Crippen molar-refractivity contribution < 1.29 is 78.4 Å². The Morgan fingerprint density at radius 1 is 0.600 bits per heavy atom. The third kappa shape index (κ3) is 32.2. The zero-order valence-corrected chi connectivity index (χ0v) is 8.60. The van der Waals surface area contributed by atoms with Crippen LogP contribution in [0.15, 0.2) is 0 Å². The molecule has 0 heterocycles. The van der Waals surface area contributed by atoms with Crippen LogP contribution in [0.3, 0.4) is 0 Å². The largest absolute Gasteiger partial charge is 0.473 e. The van der Waals surface area contributed by atoms with E-state index in [2.05, 4.69) is 0 Å². The van der Waals surface area contributed by atoms with Crippen LogP contribution in [0.5, 0.6) is 0 Å². The molecule has 0 aromatic rings. The van der Waals surface area contributed by atoms with Gasteiger partial charge in [0.15, 0.2) is 0 Å². The van der Waals surface area contributed by atoms with Crippen LogP contribution in [-0.4, -0.2) is 49.8 Å². The summed E-state index contributed by atoms with van der Waals surface area (Å²) in [6.45, 7) is 0. The van der Waals surface area contributed by atoms with Crippen LogP contribution < -0.4 is 0 Å². The van der Waals surface area contributed by atoms with Crippen molar-refractivity contribution >= 4 is 23.9 Å². The quantitative estimate of drug-likeness (QED) is 0.279. The summed E-state index contributed by atoms with van der Waals surface area (Å²) >= 11 is 0. The Bertz CT molecular complexity index is 178. The third-order valence-corrected chi connectivity index (χ3v) is 0.366. The predicted molar refractivity (Wildman–Crippen MR) is 34.2 cm³/mol. The number of carboxylic acids is 4. The first-order valence-corrected chi connectivity index (χ1v) is 2.21. The molecule has 0 saturated carbocycles. The monoisotopic (exact) mass is 315 g/mol. The van der Waals surface area contributed by atoms with E-state index in [-0.39, 0.29) is 38.7 Å². The van der Waals surface area contributed by atoms with E-state index >= 15 is 0 Å². The fraction of sp³-hybridized carbons (Fsp3) is 0. The van der Waals surface area contributed by atoms with E-state index in [1.807, 2.05) is 0 Å². The van der Waals surface area contributed by atoms with E-state index in [0.29, 0.717) is 0 Å². The van der Waals surface area contributed by atoms with Crippen LogP contribution in [0.25, 0.3) is 0 Å². The van der Waals surface area contributed by atoms with Crippen LogP contribution in [0.4, 0.5) is 0 Å². The van der Waals surface area contributed by atoms with Crippen molar-refractivity contribution in [2.24, 2.45) is 0 Å². The topological polar surface area (TPSA) is 181 Å². The summed E-state index contributed by atoms with van der Waals surface area (Å²) in [6, 6.07) is 0. The molecule has 0 aromatic heterocycles. The number of hydrogen-bond acceptors (Lipinski definition) is 4. The minimum atomic E-state index is -1.82. The van der Waals surface area contributed by atoms with Gasteiger partial charge in [0, 0.05) is 33.3 Å². The summed E-state index contributed by atoms with van der Waals surface area (Å²) in [5.41, 5.74) is 0. The summed E-state index contributed by atoms with van der Waals surface area (Å²) in [7, 11) is 0. The molecule has 15 heavy (non-hydrogen) atoms. The van der Waals surface area contributed by atoms with Crippen molar-refractivity contribution in [3.8, 4) is 0 Å². The Kier molecular flexibility index (Phi) is 29.8. The zero-order valence-electron chi connectivity index (χ0n) is 6.57. The van der Waals surface area contributed by atoms with Crippen LogP contribution >= 0.6 is 0 Å². The van der Waals surface area contributed by atoms with Crippen LogP contribution in [0.1, 0.15) is 0 Å². The maximum absolute atomic E-state index is 9.10. The molecule has 6 N–H and O–H groups in total. The number of aliphatic carboxylic acids is 4. The van der Waals surface area contributed by atoms with E-state index in [4.69, 9.17) is 39.6 Å². The van der Waals surface area contributed by atoms with Crippen molar-refractivity contribution in [2.45, 2.75) is 0 Å². The second-order valence-electron chi connectivity index (χ2n) is 1.22. The van der Waals surface area contributed by atoms with Crippen LogP contribution in [0.2, 0.25) is 0 Å². The predicted octanol–water partition coefficient (Wildman–Crippen LogP) is -2.52. The van der Waals surface area contributed by atoms with Gasteiger partial charge >= 0.3 is 23.9 Å². The maximum atomic E-state index is 9.10. The van der Waals surface area contributed by atoms with Gasteiger partial charge in [0.2, 0.25) is 0 Å². The molecule has 1 radical (unpaired) electrons. The number of hydrogen-bond donors (Lipinski definition) is 4. The number of rotatable bonds is 0.